The Bertz CT molecular complexity index is 1800. The standard InChI is InChI=1S/C23H18ClN13O2/c1-11(29-19-14(9-25)18(26)27-10-28-19)20-31-16-7-3-6-15(24)17(16)21(38)37(20)13-5-2-4-12(8-13)30-23(39)32-22-33-35-36-34-22/h2-8,10-11H,1H3,(H3,26,27,28,29)(H3,30,32,33,34,35,36,39). The van der Waals surface area contributed by atoms with Crippen molar-refractivity contribution in [1.29, 1.82) is 5.26 Å². The first-order chi connectivity index (χ1) is 18.9. The number of nitrogen functional groups attached to an aromatic ring is 1. The summed E-state index contributed by atoms with van der Waals surface area (Å²) in [6.07, 6.45) is 1.22. The molecule has 0 saturated heterocycles. The first-order valence-corrected chi connectivity index (χ1v) is 11.6. The third-order valence-corrected chi connectivity index (χ3v) is 5.86. The minimum absolute atomic E-state index is 0.0102. The molecule has 0 aliphatic rings. The largest absolute Gasteiger partial charge is 0.382 e. The van der Waals surface area contributed by atoms with Crippen molar-refractivity contribution in [1.82, 2.24) is 40.1 Å². The predicted octanol–water partition coefficient (Wildman–Crippen LogP) is 2.61. The number of fused-ring (bicyclic) bond motifs is 1. The van der Waals surface area contributed by atoms with E-state index in [1.165, 1.54) is 10.9 Å². The van der Waals surface area contributed by atoms with Crippen LogP contribution in [0.5, 0.6) is 0 Å². The fourth-order valence-electron chi connectivity index (χ4n) is 3.84. The van der Waals surface area contributed by atoms with Crippen molar-refractivity contribution >= 4 is 51.8 Å². The fourth-order valence-corrected chi connectivity index (χ4v) is 4.09. The smallest absolute Gasteiger partial charge is 0.326 e. The van der Waals surface area contributed by atoms with Crippen LogP contribution in [0.2, 0.25) is 5.02 Å². The van der Waals surface area contributed by atoms with E-state index in [0.717, 1.165) is 0 Å². The maximum Gasteiger partial charge on any atom is 0.326 e. The van der Waals surface area contributed by atoms with E-state index in [9.17, 15) is 14.9 Å². The van der Waals surface area contributed by atoms with Crippen molar-refractivity contribution in [2.45, 2.75) is 13.0 Å². The lowest BCUT2D eigenvalue weighted by molar-refractivity contribution is 0.262. The Morgan fingerprint density at radius 2 is 2.03 bits per heavy atom. The van der Waals surface area contributed by atoms with Crippen LogP contribution >= 0.6 is 11.6 Å². The van der Waals surface area contributed by atoms with Gasteiger partial charge in [0.15, 0.2) is 0 Å². The van der Waals surface area contributed by atoms with Gasteiger partial charge in [0.1, 0.15) is 35.4 Å². The molecular formula is C23H18ClN13O2. The maximum absolute atomic E-state index is 13.8. The molecule has 15 nitrogen and oxygen atoms in total. The maximum atomic E-state index is 13.8. The molecule has 5 rings (SSSR count). The molecule has 1 unspecified atom stereocenters. The topological polar surface area (TPSA) is 218 Å². The summed E-state index contributed by atoms with van der Waals surface area (Å²) < 4.78 is 1.37. The first kappa shape index (κ1) is 25.0. The number of carbonyl (C=O) groups is 1. The lowest BCUT2D eigenvalue weighted by atomic mass is 10.2. The number of rotatable bonds is 6. The molecule has 0 bridgehead atoms. The fraction of sp³-hybridized carbons (Fsp3) is 0.0870. The summed E-state index contributed by atoms with van der Waals surface area (Å²) in [4.78, 5) is 38.9. The number of benzene rings is 2. The quantitative estimate of drug-likeness (QED) is 0.209. The highest BCUT2D eigenvalue weighted by Crippen LogP contribution is 2.26. The van der Waals surface area contributed by atoms with Crippen LogP contribution in [-0.2, 0) is 0 Å². The molecule has 0 saturated carbocycles. The molecule has 0 aliphatic heterocycles. The van der Waals surface area contributed by atoms with Crippen LogP contribution in [0.1, 0.15) is 24.4 Å². The van der Waals surface area contributed by atoms with E-state index in [1.54, 1.807) is 49.4 Å². The Kier molecular flexibility index (Phi) is 6.68. The van der Waals surface area contributed by atoms with Gasteiger partial charge in [-0.25, -0.2) is 24.8 Å². The highest BCUT2D eigenvalue weighted by molar-refractivity contribution is 6.35. The van der Waals surface area contributed by atoms with Gasteiger partial charge in [-0.2, -0.15) is 5.26 Å². The van der Waals surface area contributed by atoms with E-state index in [0.29, 0.717) is 16.9 Å². The van der Waals surface area contributed by atoms with E-state index in [2.05, 4.69) is 46.5 Å². The van der Waals surface area contributed by atoms with Crippen molar-refractivity contribution in [3.8, 4) is 11.8 Å². The first-order valence-electron chi connectivity index (χ1n) is 11.3. The zero-order chi connectivity index (χ0) is 27.5. The normalized spacial score (nSPS) is 11.5. The van der Waals surface area contributed by atoms with Gasteiger partial charge in [-0.05, 0) is 47.7 Å². The minimum Gasteiger partial charge on any atom is -0.382 e. The number of anilines is 4. The summed E-state index contributed by atoms with van der Waals surface area (Å²) in [5.41, 5.74) is 6.58. The lowest BCUT2D eigenvalue weighted by Crippen LogP contribution is -2.28. The lowest BCUT2D eigenvalue weighted by Gasteiger charge is -2.21. The van der Waals surface area contributed by atoms with Crippen molar-refractivity contribution in [3.05, 3.63) is 75.6 Å². The molecule has 2 aromatic carbocycles. The van der Waals surface area contributed by atoms with E-state index < -0.39 is 17.6 Å². The SMILES string of the molecule is CC(Nc1ncnc(N)c1C#N)c1nc2cccc(Cl)c2c(=O)n1-c1cccc(NC(=O)Nc2nnn[nH]2)c1. The minimum atomic E-state index is -0.652. The number of nitrogens with two attached hydrogens (primary N) is 1. The molecule has 39 heavy (non-hydrogen) atoms. The highest BCUT2D eigenvalue weighted by atomic mass is 35.5. The average Bonchev–Trinajstić information content (AvgIpc) is 3.41. The van der Waals surface area contributed by atoms with Gasteiger partial charge < -0.3 is 16.4 Å². The second-order valence-electron chi connectivity index (χ2n) is 8.08. The zero-order valence-corrected chi connectivity index (χ0v) is 20.8. The van der Waals surface area contributed by atoms with Gasteiger partial charge in [0.05, 0.1) is 27.7 Å². The molecule has 16 heteroatoms. The molecule has 6 N–H and O–H groups in total. The molecule has 0 spiro atoms. The van der Waals surface area contributed by atoms with E-state index in [-0.39, 0.29) is 39.4 Å². The van der Waals surface area contributed by atoms with Gasteiger partial charge in [-0.1, -0.05) is 28.8 Å². The number of hydrogen-bond acceptors (Lipinski definition) is 11. The Morgan fingerprint density at radius 1 is 1.21 bits per heavy atom. The van der Waals surface area contributed by atoms with Gasteiger partial charge in [-0.3, -0.25) is 14.7 Å². The van der Waals surface area contributed by atoms with E-state index in [4.69, 9.17) is 22.3 Å². The number of carbonyl (C=O) groups excluding carboxylic acids is 1. The molecule has 194 valence electrons. The molecular weight excluding hydrogens is 526 g/mol. The van der Waals surface area contributed by atoms with E-state index >= 15 is 0 Å². The molecule has 5 aromatic rings. The monoisotopic (exact) mass is 543 g/mol. The van der Waals surface area contributed by atoms with Crippen molar-refractivity contribution < 1.29 is 4.79 Å². The van der Waals surface area contributed by atoms with Crippen LogP contribution in [0.3, 0.4) is 0 Å². The number of hydrogen-bond donors (Lipinski definition) is 5. The van der Waals surface area contributed by atoms with Gasteiger partial charge in [0, 0.05) is 5.69 Å². The summed E-state index contributed by atoms with van der Waals surface area (Å²) in [6, 6.07) is 12.2. The number of nitrogens with one attached hydrogen (secondary N) is 4. The number of urea groups is 1. The number of aromatic nitrogens is 8. The molecule has 3 heterocycles. The van der Waals surface area contributed by atoms with Crippen molar-refractivity contribution in [2.75, 3.05) is 21.7 Å². The van der Waals surface area contributed by atoms with Crippen LogP contribution < -0.4 is 27.2 Å². The molecule has 0 radical (unpaired) electrons. The third-order valence-electron chi connectivity index (χ3n) is 5.54. The van der Waals surface area contributed by atoms with Crippen molar-refractivity contribution in [2.24, 2.45) is 0 Å². The van der Waals surface area contributed by atoms with E-state index in [1.807, 2.05) is 6.07 Å². The Hall–Kier alpha value is -5.62. The van der Waals surface area contributed by atoms with Crippen molar-refractivity contribution in [3.63, 3.8) is 0 Å². The predicted molar refractivity (Wildman–Crippen MR) is 142 cm³/mol. The second-order valence-corrected chi connectivity index (χ2v) is 8.49. The Labute approximate surface area is 224 Å². The Morgan fingerprint density at radius 3 is 2.79 bits per heavy atom. The zero-order valence-electron chi connectivity index (χ0n) is 20.0. The van der Waals surface area contributed by atoms with Gasteiger partial charge in [0.25, 0.3) is 5.56 Å². The summed E-state index contributed by atoms with van der Waals surface area (Å²) in [5, 5.41) is 31.0. The van der Waals surface area contributed by atoms with Crippen LogP contribution in [0.15, 0.2) is 53.6 Å². The summed E-state index contributed by atoms with van der Waals surface area (Å²) in [5.74, 6) is 0.525. The number of nitrogens with zero attached hydrogens (tertiary/aromatic N) is 8. The number of tetrazole rings is 1. The summed E-state index contributed by atoms with van der Waals surface area (Å²) in [6.45, 7) is 1.75. The van der Waals surface area contributed by atoms with Crippen LogP contribution in [-0.4, -0.2) is 46.2 Å². The average molecular weight is 544 g/mol. The molecule has 2 amide bonds. The second kappa shape index (κ2) is 10.4. The summed E-state index contributed by atoms with van der Waals surface area (Å²) >= 11 is 6.39. The van der Waals surface area contributed by atoms with Crippen LogP contribution in [0.25, 0.3) is 16.6 Å². The van der Waals surface area contributed by atoms with Crippen LogP contribution in [0, 0.1) is 11.3 Å². The molecule has 0 aliphatic carbocycles. The third kappa shape index (κ3) is 4.99. The molecule has 0 fully saturated rings. The number of amides is 2. The number of H-pyrrole nitrogens is 1. The Balaban J connectivity index is 1.59. The van der Waals surface area contributed by atoms with Gasteiger partial charge in [0.2, 0.25) is 5.95 Å². The highest BCUT2D eigenvalue weighted by Gasteiger charge is 2.21. The van der Waals surface area contributed by atoms with Gasteiger partial charge >= 0.3 is 6.03 Å². The number of halogens is 1. The number of aromatic amines is 1. The molecule has 3 aromatic heterocycles. The summed E-state index contributed by atoms with van der Waals surface area (Å²) in [7, 11) is 0. The number of nitriles is 1. The van der Waals surface area contributed by atoms with Crippen LogP contribution in [0.4, 0.5) is 28.1 Å². The molecule has 1 atom stereocenters. The van der Waals surface area contributed by atoms with Gasteiger partial charge in [-0.15, -0.1) is 0 Å².